The molecule has 2 rings (SSSR count). The molecule has 0 spiro atoms. The average molecular weight is 275 g/mol. The number of hydrogen-bond donors (Lipinski definition) is 2. The van der Waals surface area contributed by atoms with E-state index in [1.165, 1.54) is 32.1 Å². The largest absolute Gasteiger partial charge is 0.508 e. The van der Waals surface area contributed by atoms with Crippen molar-refractivity contribution in [2.45, 2.75) is 46.0 Å². The number of nitrogens with one attached hydrogen (secondary N) is 1. The van der Waals surface area contributed by atoms with Gasteiger partial charge in [-0.2, -0.15) is 0 Å². The molecular weight excluding hydrogens is 250 g/mol. The summed E-state index contributed by atoms with van der Waals surface area (Å²) < 4.78 is 0. The topological polar surface area (TPSA) is 49.3 Å². The number of amides is 1. The molecule has 1 aliphatic carbocycles. The maximum atomic E-state index is 12.0. The summed E-state index contributed by atoms with van der Waals surface area (Å²) in [6.45, 7) is 4.84. The van der Waals surface area contributed by atoms with Crippen molar-refractivity contribution in [3.63, 3.8) is 0 Å². The molecule has 0 aliphatic heterocycles. The number of aromatic hydroxyl groups is 1. The van der Waals surface area contributed by atoms with E-state index in [0.29, 0.717) is 11.5 Å². The quantitative estimate of drug-likeness (QED) is 0.881. The monoisotopic (exact) mass is 275 g/mol. The molecule has 0 aromatic heterocycles. The molecule has 1 amide bonds. The van der Waals surface area contributed by atoms with Gasteiger partial charge in [0.25, 0.3) is 5.91 Å². The van der Waals surface area contributed by atoms with Crippen LogP contribution in [0.5, 0.6) is 5.75 Å². The van der Waals surface area contributed by atoms with Gasteiger partial charge in [0.15, 0.2) is 0 Å². The first-order valence-electron chi connectivity index (χ1n) is 7.68. The van der Waals surface area contributed by atoms with Crippen LogP contribution >= 0.6 is 0 Å². The van der Waals surface area contributed by atoms with Crippen molar-refractivity contribution in [2.75, 3.05) is 6.54 Å². The van der Waals surface area contributed by atoms with E-state index in [-0.39, 0.29) is 11.7 Å². The molecule has 0 atom stereocenters. The van der Waals surface area contributed by atoms with Gasteiger partial charge >= 0.3 is 0 Å². The summed E-state index contributed by atoms with van der Waals surface area (Å²) >= 11 is 0. The Morgan fingerprint density at radius 1 is 1.25 bits per heavy atom. The van der Waals surface area contributed by atoms with E-state index in [9.17, 15) is 9.90 Å². The number of phenolic OH excluding ortho intramolecular Hbond substituents is 1. The predicted octanol–water partition coefficient (Wildman–Crippen LogP) is 3.65. The lowest BCUT2D eigenvalue weighted by molar-refractivity contribution is 0.0941. The van der Waals surface area contributed by atoms with Crippen molar-refractivity contribution in [1.82, 2.24) is 5.32 Å². The first-order chi connectivity index (χ1) is 9.60. The van der Waals surface area contributed by atoms with E-state index in [0.717, 1.165) is 18.0 Å². The SMILES string of the molecule is CCC1CCC(CNC(=O)c2ccc(C)c(O)c2)CC1. The molecule has 0 unspecified atom stereocenters. The van der Waals surface area contributed by atoms with Crippen molar-refractivity contribution in [3.05, 3.63) is 29.3 Å². The Labute approximate surface area is 121 Å². The Morgan fingerprint density at radius 2 is 1.90 bits per heavy atom. The second-order valence-electron chi connectivity index (χ2n) is 6.01. The highest BCUT2D eigenvalue weighted by atomic mass is 16.3. The minimum atomic E-state index is -0.0853. The second kappa shape index (κ2) is 6.78. The minimum Gasteiger partial charge on any atom is -0.508 e. The number of carbonyl (C=O) groups is 1. The van der Waals surface area contributed by atoms with Gasteiger partial charge in [-0.25, -0.2) is 0 Å². The van der Waals surface area contributed by atoms with Crippen LogP contribution < -0.4 is 5.32 Å². The Balaban J connectivity index is 1.82. The van der Waals surface area contributed by atoms with E-state index < -0.39 is 0 Å². The lowest BCUT2D eigenvalue weighted by Crippen LogP contribution is -2.31. The highest BCUT2D eigenvalue weighted by Crippen LogP contribution is 2.30. The van der Waals surface area contributed by atoms with Crippen LogP contribution in [0.15, 0.2) is 18.2 Å². The van der Waals surface area contributed by atoms with Gasteiger partial charge in [-0.3, -0.25) is 4.79 Å². The van der Waals surface area contributed by atoms with Crippen molar-refractivity contribution in [2.24, 2.45) is 11.8 Å². The third-order valence-electron chi connectivity index (χ3n) is 4.57. The first kappa shape index (κ1) is 14.9. The fourth-order valence-corrected chi connectivity index (χ4v) is 2.93. The number of rotatable bonds is 4. The third kappa shape index (κ3) is 3.75. The molecule has 1 fully saturated rings. The zero-order valence-electron chi connectivity index (χ0n) is 12.5. The van der Waals surface area contributed by atoms with Crippen LogP contribution in [0.2, 0.25) is 0 Å². The minimum absolute atomic E-state index is 0.0853. The zero-order valence-corrected chi connectivity index (χ0v) is 12.5. The molecular formula is C17H25NO2. The predicted molar refractivity (Wildman–Crippen MR) is 80.9 cm³/mol. The molecule has 1 aliphatic rings. The lowest BCUT2D eigenvalue weighted by Gasteiger charge is -2.27. The van der Waals surface area contributed by atoms with Gasteiger partial charge in [-0.1, -0.05) is 32.3 Å². The van der Waals surface area contributed by atoms with Gasteiger partial charge in [0.1, 0.15) is 5.75 Å². The maximum Gasteiger partial charge on any atom is 0.251 e. The fraction of sp³-hybridized carbons (Fsp3) is 0.588. The Hall–Kier alpha value is -1.51. The fourth-order valence-electron chi connectivity index (χ4n) is 2.93. The van der Waals surface area contributed by atoms with Crippen LogP contribution in [0.4, 0.5) is 0 Å². The van der Waals surface area contributed by atoms with E-state index in [2.05, 4.69) is 12.2 Å². The molecule has 1 aromatic carbocycles. The van der Waals surface area contributed by atoms with Crippen molar-refractivity contribution < 1.29 is 9.90 Å². The van der Waals surface area contributed by atoms with E-state index in [1.807, 2.05) is 6.92 Å². The molecule has 0 bridgehead atoms. The summed E-state index contributed by atoms with van der Waals surface area (Å²) in [4.78, 5) is 12.0. The summed E-state index contributed by atoms with van der Waals surface area (Å²) in [5.74, 6) is 1.59. The molecule has 1 saturated carbocycles. The summed E-state index contributed by atoms with van der Waals surface area (Å²) in [5, 5.41) is 12.6. The number of benzene rings is 1. The number of phenols is 1. The molecule has 2 N–H and O–H groups in total. The Morgan fingerprint density at radius 3 is 2.50 bits per heavy atom. The maximum absolute atomic E-state index is 12.0. The molecule has 0 saturated heterocycles. The molecule has 0 heterocycles. The average Bonchev–Trinajstić information content (AvgIpc) is 2.48. The molecule has 1 aromatic rings. The standard InChI is InChI=1S/C17H25NO2/c1-3-13-5-7-14(8-6-13)11-18-17(20)15-9-4-12(2)16(19)10-15/h4,9-10,13-14,19H,3,5-8,11H2,1-2H3,(H,18,20). The molecule has 0 radical (unpaired) electrons. The summed E-state index contributed by atoms with van der Waals surface area (Å²) in [7, 11) is 0. The van der Waals surface area contributed by atoms with Gasteiger partial charge in [0.05, 0.1) is 0 Å². The second-order valence-corrected chi connectivity index (χ2v) is 6.01. The Bertz CT molecular complexity index is 462. The molecule has 110 valence electrons. The molecule has 3 nitrogen and oxygen atoms in total. The van der Waals surface area contributed by atoms with Gasteiger partial charge in [-0.15, -0.1) is 0 Å². The van der Waals surface area contributed by atoms with Crippen LogP contribution in [0, 0.1) is 18.8 Å². The highest BCUT2D eigenvalue weighted by molar-refractivity contribution is 5.94. The highest BCUT2D eigenvalue weighted by Gasteiger charge is 2.20. The summed E-state index contributed by atoms with van der Waals surface area (Å²) in [6.07, 6.45) is 6.31. The lowest BCUT2D eigenvalue weighted by atomic mass is 9.81. The smallest absolute Gasteiger partial charge is 0.251 e. The molecule has 3 heteroatoms. The van der Waals surface area contributed by atoms with E-state index >= 15 is 0 Å². The number of carbonyl (C=O) groups excluding carboxylic acids is 1. The number of hydrogen-bond acceptors (Lipinski definition) is 2. The van der Waals surface area contributed by atoms with Gasteiger partial charge in [-0.05, 0) is 49.3 Å². The van der Waals surface area contributed by atoms with Crippen LogP contribution in [-0.4, -0.2) is 17.6 Å². The van der Waals surface area contributed by atoms with Crippen LogP contribution in [0.25, 0.3) is 0 Å². The van der Waals surface area contributed by atoms with Crippen LogP contribution in [0.1, 0.15) is 54.9 Å². The van der Waals surface area contributed by atoms with Gasteiger partial charge in [0.2, 0.25) is 0 Å². The third-order valence-corrected chi connectivity index (χ3v) is 4.57. The van der Waals surface area contributed by atoms with Crippen LogP contribution in [-0.2, 0) is 0 Å². The Kier molecular flexibility index (Phi) is 5.05. The van der Waals surface area contributed by atoms with E-state index in [4.69, 9.17) is 0 Å². The van der Waals surface area contributed by atoms with Gasteiger partial charge in [0, 0.05) is 12.1 Å². The summed E-state index contributed by atoms with van der Waals surface area (Å²) in [5.41, 5.74) is 1.33. The van der Waals surface area contributed by atoms with E-state index in [1.54, 1.807) is 18.2 Å². The van der Waals surface area contributed by atoms with Crippen molar-refractivity contribution in [1.29, 1.82) is 0 Å². The van der Waals surface area contributed by atoms with Crippen molar-refractivity contribution >= 4 is 5.91 Å². The van der Waals surface area contributed by atoms with Gasteiger partial charge < -0.3 is 10.4 Å². The molecule has 20 heavy (non-hydrogen) atoms. The normalized spacial score (nSPS) is 22.5. The summed E-state index contributed by atoms with van der Waals surface area (Å²) in [6, 6.07) is 5.08. The van der Waals surface area contributed by atoms with Crippen LogP contribution in [0.3, 0.4) is 0 Å². The zero-order chi connectivity index (χ0) is 14.5. The number of aryl methyl sites for hydroxylation is 1. The van der Waals surface area contributed by atoms with Crippen molar-refractivity contribution in [3.8, 4) is 5.75 Å². The first-order valence-corrected chi connectivity index (χ1v) is 7.68.